The van der Waals surface area contributed by atoms with Crippen LogP contribution in [0.15, 0.2) is 18.2 Å². The first-order valence-corrected chi connectivity index (χ1v) is 5.09. The van der Waals surface area contributed by atoms with Gasteiger partial charge in [0.15, 0.2) is 11.5 Å². The predicted molar refractivity (Wildman–Crippen MR) is 59.0 cm³/mol. The Morgan fingerprint density at radius 1 is 1.13 bits per heavy atom. The van der Waals surface area contributed by atoms with E-state index in [1.54, 1.807) is 0 Å². The normalized spacial score (nSPS) is 17.9. The molecule has 3 heteroatoms. The quantitative estimate of drug-likeness (QED) is 0.769. The van der Waals surface area contributed by atoms with Crippen molar-refractivity contribution < 1.29 is 9.47 Å². The van der Waals surface area contributed by atoms with Gasteiger partial charge >= 0.3 is 0 Å². The average Bonchev–Trinajstić information content (AvgIpc) is 2.34. The lowest BCUT2D eigenvalue weighted by atomic mass is 9.95. The molecule has 1 aliphatic rings. The first-order chi connectivity index (χ1) is 6.78. The minimum absolute atomic E-state index is 0.356. The molecule has 82 valence electrons. The molecule has 0 radical (unpaired) electrons. The highest BCUT2D eigenvalue weighted by Gasteiger charge is 2.32. The molecule has 1 heterocycles. The van der Waals surface area contributed by atoms with Gasteiger partial charge in [0, 0.05) is 19.4 Å². The number of ether oxygens (including phenoxy) is 2. The van der Waals surface area contributed by atoms with Crippen LogP contribution < -0.4 is 15.2 Å². The molecule has 0 atom stereocenters. The molecule has 0 bridgehead atoms. The van der Waals surface area contributed by atoms with Crippen LogP contribution in [0.3, 0.4) is 0 Å². The van der Waals surface area contributed by atoms with E-state index in [-0.39, 0.29) is 5.54 Å². The van der Waals surface area contributed by atoms with Gasteiger partial charge in [-0.1, -0.05) is 6.07 Å². The molecule has 1 aromatic rings. The zero-order valence-corrected chi connectivity index (χ0v) is 9.63. The van der Waals surface area contributed by atoms with Crippen LogP contribution in [0.1, 0.15) is 33.3 Å². The van der Waals surface area contributed by atoms with Crippen LogP contribution in [-0.4, -0.2) is 5.79 Å². The third-order valence-corrected chi connectivity index (χ3v) is 2.40. The fourth-order valence-corrected chi connectivity index (χ4v) is 1.62. The van der Waals surface area contributed by atoms with E-state index >= 15 is 0 Å². The van der Waals surface area contributed by atoms with Gasteiger partial charge in [0.25, 0.3) is 0 Å². The highest BCUT2D eigenvalue weighted by molar-refractivity contribution is 5.47. The molecule has 2 N–H and O–H groups in total. The molecule has 3 nitrogen and oxygen atoms in total. The highest BCUT2D eigenvalue weighted by Crippen LogP contribution is 2.40. The third kappa shape index (κ3) is 1.92. The smallest absolute Gasteiger partial charge is 0.246 e. The number of fused-ring (bicyclic) bond motifs is 1. The van der Waals surface area contributed by atoms with Gasteiger partial charge in [-0.3, -0.25) is 0 Å². The molecule has 1 aromatic carbocycles. The van der Waals surface area contributed by atoms with Crippen molar-refractivity contribution in [1.82, 2.24) is 0 Å². The zero-order valence-electron chi connectivity index (χ0n) is 9.63. The van der Waals surface area contributed by atoms with Gasteiger partial charge in [-0.2, -0.15) is 0 Å². The summed E-state index contributed by atoms with van der Waals surface area (Å²) in [5.41, 5.74) is 6.71. The summed E-state index contributed by atoms with van der Waals surface area (Å²) in [6.45, 7) is 7.71. The Balaban J connectivity index is 2.39. The van der Waals surface area contributed by atoms with E-state index < -0.39 is 5.79 Å². The van der Waals surface area contributed by atoms with Crippen LogP contribution >= 0.6 is 0 Å². The summed E-state index contributed by atoms with van der Waals surface area (Å²) in [5, 5.41) is 0. The molecule has 2 rings (SSSR count). The molecule has 0 fully saturated rings. The Kier molecular flexibility index (Phi) is 1.98. The Morgan fingerprint density at radius 3 is 2.33 bits per heavy atom. The van der Waals surface area contributed by atoms with Crippen molar-refractivity contribution in [2.75, 3.05) is 0 Å². The van der Waals surface area contributed by atoms with E-state index in [9.17, 15) is 0 Å². The van der Waals surface area contributed by atoms with E-state index in [0.29, 0.717) is 0 Å². The van der Waals surface area contributed by atoms with E-state index in [1.165, 1.54) is 0 Å². The maximum atomic E-state index is 6.02. The number of benzene rings is 1. The van der Waals surface area contributed by atoms with E-state index in [1.807, 2.05) is 45.9 Å². The van der Waals surface area contributed by atoms with Gasteiger partial charge in [-0.05, 0) is 31.5 Å². The first-order valence-electron chi connectivity index (χ1n) is 5.09. The van der Waals surface area contributed by atoms with Crippen LogP contribution in [0.2, 0.25) is 0 Å². The van der Waals surface area contributed by atoms with Gasteiger partial charge in [-0.15, -0.1) is 0 Å². The second kappa shape index (κ2) is 2.89. The Morgan fingerprint density at radius 2 is 1.73 bits per heavy atom. The van der Waals surface area contributed by atoms with Crippen molar-refractivity contribution >= 4 is 0 Å². The number of hydrogen-bond donors (Lipinski definition) is 1. The molecular formula is C12H17NO2. The minimum Gasteiger partial charge on any atom is -0.449 e. The molecule has 0 saturated carbocycles. The molecule has 0 aliphatic carbocycles. The van der Waals surface area contributed by atoms with Gasteiger partial charge in [0.05, 0.1) is 0 Å². The summed E-state index contributed by atoms with van der Waals surface area (Å²) >= 11 is 0. The Bertz CT molecular complexity index is 391. The topological polar surface area (TPSA) is 44.5 Å². The van der Waals surface area contributed by atoms with Crippen molar-refractivity contribution in [2.45, 2.75) is 39.0 Å². The summed E-state index contributed by atoms with van der Waals surface area (Å²) in [7, 11) is 0. The molecule has 0 aromatic heterocycles. The lowest BCUT2D eigenvalue weighted by Gasteiger charge is -2.19. The maximum Gasteiger partial charge on any atom is 0.246 e. The van der Waals surface area contributed by atoms with Crippen LogP contribution in [0.4, 0.5) is 0 Å². The first kappa shape index (κ1) is 10.3. The summed E-state index contributed by atoms with van der Waals surface area (Å²) in [6.07, 6.45) is 0. The fourth-order valence-electron chi connectivity index (χ4n) is 1.62. The Labute approximate surface area is 90.2 Å². The van der Waals surface area contributed by atoms with Crippen molar-refractivity contribution in [2.24, 2.45) is 5.73 Å². The Hall–Kier alpha value is -1.22. The fraction of sp³-hybridized carbons (Fsp3) is 0.500. The molecule has 1 aliphatic heterocycles. The van der Waals surface area contributed by atoms with Crippen molar-refractivity contribution in [1.29, 1.82) is 0 Å². The number of rotatable bonds is 1. The van der Waals surface area contributed by atoms with E-state index in [2.05, 4.69) is 0 Å². The van der Waals surface area contributed by atoms with Crippen LogP contribution in [0.25, 0.3) is 0 Å². The van der Waals surface area contributed by atoms with Crippen molar-refractivity contribution in [3.63, 3.8) is 0 Å². The van der Waals surface area contributed by atoms with Crippen LogP contribution in [-0.2, 0) is 5.54 Å². The van der Waals surface area contributed by atoms with Gasteiger partial charge in [-0.25, -0.2) is 0 Å². The summed E-state index contributed by atoms with van der Waals surface area (Å²) in [5.74, 6) is 0.990. The second-order valence-corrected chi connectivity index (χ2v) is 4.99. The second-order valence-electron chi connectivity index (χ2n) is 4.99. The molecular weight excluding hydrogens is 190 g/mol. The lowest BCUT2D eigenvalue weighted by Crippen LogP contribution is -2.30. The third-order valence-electron chi connectivity index (χ3n) is 2.40. The predicted octanol–water partition coefficient (Wildman–Crippen LogP) is 2.39. The molecule has 0 unspecified atom stereocenters. The monoisotopic (exact) mass is 207 g/mol. The molecule has 0 amide bonds. The van der Waals surface area contributed by atoms with Crippen LogP contribution in [0, 0.1) is 0 Å². The standard InChI is InChI=1S/C12H17NO2/c1-11(2,13)8-5-6-9-10(7-8)15-12(3,4)14-9/h5-7H,13H2,1-4H3. The SMILES string of the molecule is CC1(C)Oc2ccc(C(C)(C)N)cc2O1. The largest absolute Gasteiger partial charge is 0.449 e. The van der Waals surface area contributed by atoms with E-state index in [0.717, 1.165) is 17.1 Å². The number of hydrogen-bond acceptors (Lipinski definition) is 3. The van der Waals surface area contributed by atoms with Crippen molar-refractivity contribution in [3.05, 3.63) is 23.8 Å². The van der Waals surface area contributed by atoms with E-state index in [4.69, 9.17) is 15.2 Å². The average molecular weight is 207 g/mol. The van der Waals surface area contributed by atoms with Gasteiger partial charge in [0.1, 0.15) is 0 Å². The minimum atomic E-state index is -0.570. The van der Waals surface area contributed by atoms with Gasteiger partial charge < -0.3 is 15.2 Å². The van der Waals surface area contributed by atoms with Crippen LogP contribution in [0.5, 0.6) is 11.5 Å². The molecule has 0 spiro atoms. The van der Waals surface area contributed by atoms with Crippen molar-refractivity contribution in [3.8, 4) is 11.5 Å². The number of nitrogens with two attached hydrogens (primary N) is 1. The summed E-state index contributed by atoms with van der Waals surface area (Å²) < 4.78 is 11.3. The summed E-state index contributed by atoms with van der Waals surface area (Å²) in [6, 6.07) is 5.84. The van der Waals surface area contributed by atoms with Gasteiger partial charge in [0.2, 0.25) is 5.79 Å². The maximum absolute atomic E-state index is 6.02. The lowest BCUT2D eigenvalue weighted by molar-refractivity contribution is -0.0431. The zero-order chi connectivity index (χ0) is 11.3. The molecule has 0 saturated heterocycles. The highest BCUT2D eigenvalue weighted by atomic mass is 16.7. The summed E-state index contributed by atoms with van der Waals surface area (Å²) in [4.78, 5) is 0. The molecule has 15 heavy (non-hydrogen) atoms.